The monoisotopic (exact) mass is 624 g/mol. The molecule has 5 rings (SSSR count). The van der Waals surface area contributed by atoms with Crippen LogP contribution in [0.15, 0.2) is 84.1 Å². The summed E-state index contributed by atoms with van der Waals surface area (Å²) >= 11 is 14.6. The van der Waals surface area contributed by atoms with E-state index < -0.39 is 12.7 Å². The second kappa shape index (κ2) is 13.5. The highest BCUT2D eigenvalue weighted by Gasteiger charge is 2.26. The van der Waals surface area contributed by atoms with Crippen molar-refractivity contribution in [1.82, 2.24) is 19.7 Å². The first-order valence-electron chi connectivity index (χ1n) is 12.8. The largest absolute Gasteiger partial charge is 0.491 e. The highest BCUT2D eigenvalue weighted by atomic mass is 35.5. The lowest BCUT2D eigenvalue weighted by molar-refractivity contribution is 0.0536. The Hall–Kier alpha value is -3.80. The number of ether oxygens (including phenoxy) is 2. The topological polar surface area (TPSA) is 123 Å². The zero-order valence-electron chi connectivity index (χ0n) is 22.3. The molecule has 0 bridgehead atoms. The maximum absolute atomic E-state index is 11.5. The van der Waals surface area contributed by atoms with Crippen molar-refractivity contribution < 1.29 is 24.9 Å². The van der Waals surface area contributed by atoms with Crippen LogP contribution in [0.25, 0.3) is 34.0 Å². The average molecular weight is 626 g/mol. The fourth-order valence-electron chi connectivity index (χ4n) is 4.14. The molecule has 0 spiro atoms. The smallest absolute Gasteiger partial charge is 0.187 e. The lowest BCUT2D eigenvalue weighted by atomic mass is 10.1. The number of nitrogens with zero attached hydrogens (tertiary/aromatic N) is 4. The Labute approximate surface area is 256 Å². The van der Waals surface area contributed by atoms with E-state index in [0.29, 0.717) is 40.2 Å². The number of hydrogen-bond donors (Lipinski definition) is 3. The van der Waals surface area contributed by atoms with Gasteiger partial charge in [-0.2, -0.15) is 4.73 Å². The number of aliphatic hydroxyl groups excluding tert-OH is 2. The number of aliphatic hydroxyl groups is 2. The van der Waals surface area contributed by atoms with Gasteiger partial charge in [-0.15, -0.1) is 0 Å². The highest BCUT2D eigenvalue weighted by Crippen LogP contribution is 2.42. The van der Waals surface area contributed by atoms with Gasteiger partial charge in [-0.1, -0.05) is 77.4 Å². The summed E-state index contributed by atoms with van der Waals surface area (Å²) < 4.78 is 12.4. The maximum atomic E-state index is 11.5. The van der Waals surface area contributed by atoms with E-state index >= 15 is 0 Å². The van der Waals surface area contributed by atoms with E-state index in [2.05, 4.69) is 9.97 Å². The van der Waals surface area contributed by atoms with Gasteiger partial charge in [0, 0.05) is 11.8 Å². The fourth-order valence-corrected chi connectivity index (χ4v) is 5.13. The third-order valence-electron chi connectivity index (χ3n) is 6.16. The summed E-state index contributed by atoms with van der Waals surface area (Å²) in [6.45, 7) is -0.221. The Morgan fingerprint density at radius 2 is 1.69 bits per heavy atom. The molecule has 0 aliphatic heterocycles. The summed E-state index contributed by atoms with van der Waals surface area (Å²) in [6, 6.07) is 21.9. The lowest BCUT2D eigenvalue weighted by Gasteiger charge is -2.13. The first-order chi connectivity index (χ1) is 20.4. The zero-order valence-corrected chi connectivity index (χ0v) is 24.6. The molecule has 3 aromatic carbocycles. The second-order valence-corrected chi connectivity index (χ2v) is 10.7. The van der Waals surface area contributed by atoms with Gasteiger partial charge in [0.2, 0.25) is 0 Å². The molecule has 2 heterocycles. The summed E-state index contributed by atoms with van der Waals surface area (Å²) in [5, 5.41) is 31.0. The minimum atomic E-state index is -1.06. The van der Waals surface area contributed by atoms with Gasteiger partial charge in [-0.05, 0) is 42.2 Å². The molecule has 9 nitrogen and oxygen atoms in total. The summed E-state index contributed by atoms with van der Waals surface area (Å²) in [5.41, 5.74) is 3.12. The summed E-state index contributed by atoms with van der Waals surface area (Å²) in [4.78, 5) is 13.6. The van der Waals surface area contributed by atoms with Gasteiger partial charge in [-0.3, -0.25) is 0 Å². The molecule has 216 valence electrons. The summed E-state index contributed by atoms with van der Waals surface area (Å²) in [5.74, 6) is 0.977. The van der Waals surface area contributed by atoms with Crippen LogP contribution in [0.2, 0.25) is 10.0 Å². The van der Waals surface area contributed by atoms with Crippen LogP contribution in [0.4, 0.5) is 0 Å². The van der Waals surface area contributed by atoms with Gasteiger partial charge in [0.1, 0.15) is 42.2 Å². The Kier molecular flexibility index (Phi) is 9.51. The van der Waals surface area contributed by atoms with Crippen molar-refractivity contribution in [3.8, 4) is 45.5 Å². The van der Waals surface area contributed by atoms with Gasteiger partial charge >= 0.3 is 0 Å². The number of imidazole rings is 1. The predicted molar refractivity (Wildman–Crippen MR) is 162 cm³/mol. The van der Waals surface area contributed by atoms with Crippen LogP contribution in [0.3, 0.4) is 0 Å². The quantitative estimate of drug-likeness (QED) is 0.0888. The van der Waals surface area contributed by atoms with Crippen LogP contribution >= 0.6 is 35.0 Å². The molecule has 0 unspecified atom stereocenters. The molecule has 5 aromatic rings. The van der Waals surface area contributed by atoms with E-state index in [4.69, 9.17) is 42.8 Å². The average Bonchev–Trinajstić information content (AvgIpc) is 3.35. The van der Waals surface area contributed by atoms with Crippen LogP contribution in [0.1, 0.15) is 5.56 Å². The van der Waals surface area contributed by atoms with Gasteiger partial charge in [0.15, 0.2) is 11.0 Å². The Morgan fingerprint density at radius 3 is 2.40 bits per heavy atom. The minimum Gasteiger partial charge on any atom is -0.491 e. The number of aromatic nitrogens is 4. The molecular formula is C30H26Cl2N4O5S. The lowest BCUT2D eigenvalue weighted by Crippen LogP contribution is -2.21. The Bertz CT molecular complexity index is 1660. The predicted octanol–water partition coefficient (Wildman–Crippen LogP) is 6.25. The van der Waals surface area contributed by atoms with Crippen molar-refractivity contribution in [3.63, 3.8) is 0 Å². The van der Waals surface area contributed by atoms with Crippen molar-refractivity contribution in [2.75, 3.05) is 19.5 Å². The van der Waals surface area contributed by atoms with Crippen molar-refractivity contribution in [3.05, 3.63) is 94.6 Å². The second-order valence-electron chi connectivity index (χ2n) is 9.08. The Morgan fingerprint density at radius 1 is 0.929 bits per heavy atom. The fraction of sp³-hybridized carbons (Fsp3) is 0.167. The van der Waals surface area contributed by atoms with Crippen molar-refractivity contribution in [1.29, 1.82) is 0 Å². The van der Waals surface area contributed by atoms with Crippen LogP contribution in [0, 0.1) is 0 Å². The number of thioether (sulfide) groups is 1. The molecule has 3 N–H and O–H groups in total. The van der Waals surface area contributed by atoms with Crippen molar-refractivity contribution >= 4 is 35.0 Å². The molecular weight excluding hydrogens is 599 g/mol. The first kappa shape index (κ1) is 29.7. The number of benzene rings is 3. The highest BCUT2D eigenvalue weighted by molar-refractivity contribution is 7.98. The molecule has 1 atom stereocenters. The SMILES string of the molecule is CSc1nccc(-c2c(-c3cccc(OCc4ccccc4)c3)nc(-c3c(Cl)cc(OC[C@@H](O)CO)cc3Cl)n2O)n1. The summed E-state index contributed by atoms with van der Waals surface area (Å²) in [6.07, 6.45) is 2.41. The molecule has 0 fully saturated rings. The molecule has 0 aliphatic carbocycles. The van der Waals surface area contributed by atoms with E-state index in [9.17, 15) is 10.3 Å². The molecule has 0 amide bonds. The van der Waals surface area contributed by atoms with E-state index in [0.717, 1.165) is 10.3 Å². The van der Waals surface area contributed by atoms with Crippen molar-refractivity contribution in [2.24, 2.45) is 0 Å². The van der Waals surface area contributed by atoms with Crippen LogP contribution in [0.5, 0.6) is 11.5 Å². The molecule has 0 aliphatic rings. The van der Waals surface area contributed by atoms with Gasteiger partial charge < -0.3 is 24.9 Å². The molecule has 2 aromatic heterocycles. The number of halogens is 2. The third kappa shape index (κ3) is 6.64. The van der Waals surface area contributed by atoms with E-state index in [1.807, 2.05) is 60.9 Å². The number of rotatable bonds is 11. The zero-order chi connectivity index (χ0) is 29.6. The molecule has 0 saturated carbocycles. The van der Waals surface area contributed by atoms with E-state index in [1.54, 1.807) is 12.3 Å². The molecule has 0 saturated heterocycles. The normalized spacial score (nSPS) is 11.8. The molecule has 0 radical (unpaired) electrons. The van der Waals surface area contributed by atoms with E-state index in [1.165, 1.54) is 23.9 Å². The van der Waals surface area contributed by atoms with Gasteiger partial charge in [0.25, 0.3) is 0 Å². The van der Waals surface area contributed by atoms with Crippen molar-refractivity contribution in [2.45, 2.75) is 17.9 Å². The van der Waals surface area contributed by atoms with Crippen LogP contribution < -0.4 is 9.47 Å². The van der Waals surface area contributed by atoms with Gasteiger partial charge in [0.05, 0.1) is 27.9 Å². The number of hydrogen-bond acceptors (Lipinski definition) is 9. The standard InChI is InChI=1S/C30H26Cl2N4O5S/c1-42-30-33-11-10-25(34-30)28-27(19-8-5-9-21(12-19)40-16-18-6-3-2-4-7-18)35-29(36(28)39)26-23(31)13-22(14-24(26)32)41-17-20(38)15-37/h2-14,20,37-39H,15-17H2,1H3/t20-/m0/s1. The van der Waals surface area contributed by atoms with Gasteiger partial charge in [-0.25, -0.2) is 15.0 Å². The van der Waals surface area contributed by atoms with E-state index in [-0.39, 0.29) is 33.8 Å². The maximum Gasteiger partial charge on any atom is 0.187 e. The molecule has 12 heteroatoms. The first-order valence-corrected chi connectivity index (χ1v) is 14.7. The van der Waals surface area contributed by atoms with Crippen LogP contribution in [-0.4, -0.2) is 60.7 Å². The Balaban J connectivity index is 1.58. The summed E-state index contributed by atoms with van der Waals surface area (Å²) in [7, 11) is 0. The third-order valence-corrected chi connectivity index (χ3v) is 7.32. The minimum absolute atomic E-state index is 0.0804. The van der Waals surface area contributed by atoms with Crippen LogP contribution in [-0.2, 0) is 6.61 Å². The molecule has 42 heavy (non-hydrogen) atoms.